The summed E-state index contributed by atoms with van der Waals surface area (Å²) in [6, 6.07) is 9.62. The van der Waals surface area contributed by atoms with E-state index in [0.717, 1.165) is 49.2 Å². The summed E-state index contributed by atoms with van der Waals surface area (Å²) in [5, 5.41) is 0.710. The summed E-state index contributed by atoms with van der Waals surface area (Å²) >= 11 is 6.27. The average Bonchev–Trinajstić information content (AvgIpc) is 2.75. The maximum Gasteiger partial charge on any atom is 0.272 e. The van der Waals surface area contributed by atoms with Crippen molar-refractivity contribution in [1.82, 2.24) is 9.88 Å². The third-order valence-electron chi connectivity index (χ3n) is 7.46. The minimum absolute atomic E-state index is 0.00101. The molecule has 0 N–H and O–H groups in total. The molecule has 1 aromatic heterocycles. The van der Waals surface area contributed by atoms with E-state index >= 15 is 0 Å². The normalized spacial score (nSPS) is 26.0. The highest BCUT2D eigenvalue weighted by Crippen LogP contribution is 2.55. The van der Waals surface area contributed by atoms with Crippen LogP contribution in [-0.4, -0.2) is 41.1 Å². The van der Waals surface area contributed by atoms with E-state index in [-0.39, 0.29) is 28.9 Å². The molecule has 4 heterocycles. The van der Waals surface area contributed by atoms with Gasteiger partial charge in [0.05, 0.1) is 12.7 Å². The van der Waals surface area contributed by atoms with Crippen LogP contribution in [0.3, 0.4) is 0 Å². The standard InChI is InChI=1S/C25H29ClN2O3/c1-16-5-4-10-27-21(16)23(29)28-11-8-25(9-12-28)14-19-22(30-15-25)18-13-17(26)6-7-20(18)31-24(19,2)3/h4-7,10,13,19,22H,8-9,11-12,14-15H2,1-3H3/t19-,22+/m0/s1. The molecule has 1 aromatic carbocycles. The highest BCUT2D eigenvalue weighted by Gasteiger charge is 2.53. The van der Waals surface area contributed by atoms with Crippen LogP contribution in [0.2, 0.25) is 5.02 Å². The number of halogens is 1. The predicted molar refractivity (Wildman–Crippen MR) is 120 cm³/mol. The van der Waals surface area contributed by atoms with E-state index < -0.39 is 0 Å². The molecule has 0 unspecified atom stereocenters. The number of benzene rings is 1. The quantitative estimate of drug-likeness (QED) is 0.610. The number of piperidine rings is 1. The van der Waals surface area contributed by atoms with Crippen molar-refractivity contribution < 1.29 is 14.3 Å². The monoisotopic (exact) mass is 440 g/mol. The van der Waals surface area contributed by atoms with Crippen LogP contribution in [-0.2, 0) is 4.74 Å². The van der Waals surface area contributed by atoms with E-state index in [1.807, 2.05) is 42.2 Å². The fourth-order valence-corrected chi connectivity index (χ4v) is 5.70. The fourth-order valence-electron chi connectivity index (χ4n) is 5.52. The maximum absolute atomic E-state index is 13.0. The van der Waals surface area contributed by atoms with E-state index in [2.05, 4.69) is 18.8 Å². The molecule has 0 bridgehead atoms. The minimum atomic E-state index is -0.322. The van der Waals surface area contributed by atoms with Gasteiger partial charge < -0.3 is 14.4 Å². The number of hydrogen-bond donors (Lipinski definition) is 0. The number of likely N-dealkylation sites (tertiary alicyclic amines) is 1. The number of amides is 1. The topological polar surface area (TPSA) is 51.7 Å². The molecular formula is C25H29ClN2O3. The van der Waals surface area contributed by atoms with Gasteiger partial charge in [0.1, 0.15) is 17.0 Å². The lowest BCUT2D eigenvalue weighted by atomic mass is 9.64. The van der Waals surface area contributed by atoms with Crippen molar-refractivity contribution in [3.8, 4) is 5.75 Å². The summed E-state index contributed by atoms with van der Waals surface area (Å²) in [7, 11) is 0. The molecule has 2 atom stereocenters. The summed E-state index contributed by atoms with van der Waals surface area (Å²) in [4.78, 5) is 19.3. The molecule has 1 spiro atoms. The largest absolute Gasteiger partial charge is 0.487 e. The molecule has 6 heteroatoms. The van der Waals surface area contributed by atoms with Crippen LogP contribution in [0, 0.1) is 18.3 Å². The van der Waals surface area contributed by atoms with Gasteiger partial charge in [-0.05, 0) is 75.3 Å². The number of pyridine rings is 1. The molecule has 2 aromatic rings. The molecule has 5 rings (SSSR count). The third-order valence-corrected chi connectivity index (χ3v) is 7.69. The minimum Gasteiger partial charge on any atom is -0.487 e. The zero-order chi connectivity index (χ0) is 21.8. The van der Waals surface area contributed by atoms with Gasteiger partial charge in [-0.2, -0.15) is 0 Å². The van der Waals surface area contributed by atoms with Crippen LogP contribution in [0.15, 0.2) is 36.5 Å². The summed E-state index contributed by atoms with van der Waals surface area (Å²) in [5.74, 6) is 1.15. The number of carbonyl (C=O) groups is 1. The van der Waals surface area contributed by atoms with Crippen LogP contribution in [0.5, 0.6) is 5.75 Å². The van der Waals surface area contributed by atoms with Crippen molar-refractivity contribution in [2.24, 2.45) is 11.3 Å². The zero-order valence-corrected chi connectivity index (χ0v) is 19.1. The Morgan fingerprint density at radius 2 is 2.00 bits per heavy atom. The number of ether oxygens (including phenoxy) is 2. The molecule has 164 valence electrons. The lowest BCUT2D eigenvalue weighted by Gasteiger charge is -2.54. The Morgan fingerprint density at radius 1 is 1.23 bits per heavy atom. The number of aryl methyl sites for hydroxylation is 1. The van der Waals surface area contributed by atoms with E-state index in [1.165, 1.54) is 0 Å². The Bertz CT molecular complexity index is 1010. The van der Waals surface area contributed by atoms with E-state index in [1.54, 1.807) is 6.20 Å². The van der Waals surface area contributed by atoms with Crippen molar-refractivity contribution in [3.63, 3.8) is 0 Å². The third kappa shape index (κ3) is 3.62. The fraction of sp³-hybridized carbons (Fsp3) is 0.520. The molecule has 2 saturated heterocycles. The lowest BCUT2D eigenvalue weighted by Crippen LogP contribution is -2.54. The van der Waals surface area contributed by atoms with Gasteiger partial charge in [-0.1, -0.05) is 17.7 Å². The van der Waals surface area contributed by atoms with Crippen molar-refractivity contribution >= 4 is 17.5 Å². The Labute approximate surface area is 188 Å². The Morgan fingerprint density at radius 3 is 2.74 bits per heavy atom. The molecule has 3 aliphatic heterocycles. The molecule has 3 aliphatic rings. The Hall–Kier alpha value is -2.11. The Kier molecular flexibility index (Phi) is 5.02. The van der Waals surface area contributed by atoms with Gasteiger partial charge >= 0.3 is 0 Å². The van der Waals surface area contributed by atoms with Gasteiger partial charge in [-0.25, -0.2) is 0 Å². The number of fused-ring (bicyclic) bond motifs is 3. The zero-order valence-electron chi connectivity index (χ0n) is 18.4. The average molecular weight is 441 g/mol. The molecule has 1 amide bonds. The molecule has 0 radical (unpaired) electrons. The first-order chi connectivity index (χ1) is 14.8. The number of carbonyl (C=O) groups excluding carboxylic acids is 1. The summed E-state index contributed by atoms with van der Waals surface area (Å²) in [6.45, 7) is 8.44. The predicted octanol–water partition coefficient (Wildman–Crippen LogP) is 5.21. The second-order valence-corrected chi connectivity index (χ2v) is 10.3. The smallest absolute Gasteiger partial charge is 0.272 e. The summed E-state index contributed by atoms with van der Waals surface area (Å²) in [6.07, 6.45) is 4.59. The first-order valence-corrected chi connectivity index (χ1v) is 11.5. The molecule has 0 saturated carbocycles. The van der Waals surface area contributed by atoms with Crippen molar-refractivity contribution in [2.75, 3.05) is 19.7 Å². The van der Waals surface area contributed by atoms with Crippen LogP contribution >= 0.6 is 11.6 Å². The molecule has 5 nitrogen and oxygen atoms in total. The SMILES string of the molecule is Cc1cccnc1C(=O)N1CCC2(CC1)CO[C@@H]1c3cc(Cl)ccc3OC(C)(C)[C@H]1C2. The van der Waals surface area contributed by atoms with Crippen molar-refractivity contribution in [2.45, 2.75) is 51.7 Å². The number of hydrogen-bond acceptors (Lipinski definition) is 4. The van der Waals surface area contributed by atoms with Crippen LogP contribution < -0.4 is 4.74 Å². The lowest BCUT2D eigenvalue weighted by molar-refractivity contribution is -0.173. The maximum atomic E-state index is 13.0. The number of nitrogens with zero attached hydrogens (tertiary/aromatic N) is 2. The first kappa shape index (κ1) is 20.8. The van der Waals surface area contributed by atoms with E-state index in [4.69, 9.17) is 21.1 Å². The molecule has 0 aliphatic carbocycles. The number of aromatic nitrogens is 1. The highest BCUT2D eigenvalue weighted by atomic mass is 35.5. The second-order valence-electron chi connectivity index (χ2n) is 9.89. The number of rotatable bonds is 1. The summed E-state index contributed by atoms with van der Waals surface area (Å²) in [5.41, 5.74) is 2.30. The van der Waals surface area contributed by atoms with Crippen LogP contribution in [0.4, 0.5) is 0 Å². The van der Waals surface area contributed by atoms with Crippen molar-refractivity contribution in [1.29, 1.82) is 0 Å². The van der Waals surface area contributed by atoms with Gasteiger partial charge in [0.15, 0.2) is 0 Å². The van der Waals surface area contributed by atoms with Gasteiger partial charge in [0.2, 0.25) is 0 Å². The van der Waals surface area contributed by atoms with Crippen LogP contribution in [0.1, 0.15) is 60.8 Å². The Balaban J connectivity index is 1.33. The highest BCUT2D eigenvalue weighted by molar-refractivity contribution is 6.30. The molecule has 31 heavy (non-hydrogen) atoms. The molecule has 2 fully saturated rings. The van der Waals surface area contributed by atoms with Gasteiger partial charge in [0, 0.05) is 35.8 Å². The van der Waals surface area contributed by atoms with Crippen LogP contribution in [0.25, 0.3) is 0 Å². The second kappa shape index (κ2) is 7.49. The van der Waals surface area contributed by atoms with E-state index in [0.29, 0.717) is 17.3 Å². The van der Waals surface area contributed by atoms with E-state index in [9.17, 15) is 4.79 Å². The van der Waals surface area contributed by atoms with Gasteiger partial charge in [-0.3, -0.25) is 9.78 Å². The van der Waals surface area contributed by atoms with Crippen molar-refractivity contribution in [3.05, 3.63) is 58.4 Å². The van der Waals surface area contributed by atoms with Gasteiger partial charge in [0.25, 0.3) is 5.91 Å². The van der Waals surface area contributed by atoms with Gasteiger partial charge in [-0.15, -0.1) is 0 Å². The molecular weight excluding hydrogens is 412 g/mol. The summed E-state index contributed by atoms with van der Waals surface area (Å²) < 4.78 is 12.9. The first-order valence-electron chi connectivity index (χ1n) is 11.1.